The highest BCUT2D eigenvalue weighted by molar-refractivity contribution is 8.09. The summed E-state index contributed by atoms with van der Waals surface area (Å²) in [6.45, 7) is 2.22. The molecule has 0 N–H and O–H groups in total. The third-order valence-corrected chi connectivity index (χ3v) is 4.54. The normalized spacial score (nSPS) is 18.4. The Hall–Kier alpha value is -1.68. The molecular weight excluding hydrogens is 268 g/mol. The molecule has 0 amide bonds. The molecule has 4 heteroatoms. The number of aromatic nitrogens is 1. The Labute approximate surface area is 123 Å². The molecule has 0 fully saturated rings. The zero-order chi connectivity index (χ0) is 13.8. The number of nitrogens with zero attached hydrogens (tertiary/aromatic N) is 2. The first-order chi connectivity index (χ1) is 9.88. The van der Waals surface area contributed by atoms with Crippen molar-refractivity contribution in [3.63, 3.8) is 0 Å². The molecule has 0 saturated carbocycles. The maximum absolute atomic E-state index is 5.44. The summed E-state index contributed by atoms with van der Waals surface area (Å²) in [4.78, 5) is 7.26. The van der Waals surface area contributed by atoms with Gasteiger partial charge in [0.15, 0.2) is 6.39 Å². The van der Waals surface area contributed by atoms with Crippen molar-refractivity contribution in [1.82, 2.24) is 4.98 Å². The van der Waals surface area contributed by atoms with Gasteiger partial charge in [-0.15, -0.1) is 0 Å². The summed E-state index contributed by atoms with van der Waals surface area (Å²) in [5.41, 5.74) is 1.21. The Morgan fingerprint density at radius 1 is 1.35 bits per heavy atom. The van der Waals surface area contributed by atoms with Crippen molar-refractivity contribution in [2.75, 3.05) is 4.90 Å². The predicted molar refractivity (Wildman–Crippen MR) is 83.0 cm³/mol. The second-order valence-corrected chi connectivity index (χ2v) is 5.92. The molecular formula is C16H17N2OS. The van der Waals surface area contributed by atoms with Gasteiger partial charge in [-0.1, -0.05) is 61.9 Å². The predicted octanol–water partition coefficient (Wildman–Crippen LogP) is 4.55. The van der Waals surface area contributed by atoms with E-state index in [0.29, 0.717) is 5.37 Å². The van der Waals surface area contributed by atoms with E-state index >= 15 is 0 Å². The molecule has 0 spiro atoms. The van der Waals surface area contributed by atoms with E-state index in [4.69, 9.17) is 4.42 Å². The molecule has 3 nitrogen and oxygen atoms in total. The van der Waals surface area contributed by atoms with Crippen LogP contribution in [-0.4, -0.2) is 10.4 Å². The highest BCUT2D eigenvalue weighted by Crippen LogP contribution is 2.42. The van der Waals surface area contributed by atoms with Crippen molar-refractivity contribution in [3.8, 4) is 0 Å². The van der Waals surface area contributed by atoms with Gasteiger partial charge in [-0.05, 0) is 12.0 Å². The maximum atomic E-state index is 5.44. The molecule has 1 unspecified atom stereocenters. The van der Waals surface area contributed by atoms with Crippen molar-refractivity contribution in [3.05, 3.63) is 54.7 Å². The highest BCUT2D eigenvalue weighted by Gasteiger charge is 2.29. The van der Waals surface area contributed by atoms with Gasteiger partial charge in [0.05, 0.1) is 17.8 Å². The van der Waals surface area contributed by atoms with Gasteiger partial charge in [-0.2, -0.15) is 0 Å². The van der Waals surface area contributed by atoms with Gasteiger partial charge in [-0.3, -0.25) is 4.90 Å². The zero-order valence-corrected chi connectivity index (χ0v) is 12.3. The van der Waals surface area contributed by atoms with E-state index in [-0.39, 0.29) is 0 Å². The minimum atomic E-state index is 0.345. The van der Waals surface area contributed by atoms with Crippen molar-refractivity contribution < 1.29 is 4.42 Å². The summed E-state index contributed by atoms with van der Waals surface area (Å²) < 4.78 is 5.44. The van der Waals surface area contributed by atoms with E-state index in [9.17, 15) is 0 Å². The first-order valence-electron chi connectivity index (χ1n) is 6.92. The lowest BCUT2D eigenvalue weighted by Crippen LogP contribution is -2.23. The molecule has 103 valence electrons. The maximum Gasteiger partial charge on any atom is 0.221 e. The number of hydrogen-bond donors (Lipinski definition) is 0. The van der Waals surface area contributed by atoms with Gasteiger partial charge in [0, 0.05) is 4.91 Å². The number of oxazole rings is 1. The average Bonchev–Trinajstić information content (AvgIpc) is 3.15. The molecule has 1 radical (unpaired) electrons. The van der Waals surface area contributed by atoms with Crippen LogP contribution in [0.4, 0.5) is 5.88 Å². The standard InChI is InChI=1S/C16H17N2OS/c1-2-3-9-16-18(15-10-17-12-19-15)11-14(20-16)13-7-5-4-6-8-13/h4-8,10,12,16H,2-3,9H2,1H3. The summed E-state index contributed by atoms with van der Waals surface area (Å²) in [5, 5.41) is 0.345. The smallest absolute Gasteiger partial charge is 0.221 e. The highest BCUT2D eigenvalue weighted by atomic mass is 32.2. The van der Waals surface area contributed by atoms with Crippen LogP contribution in [-0.2, 0) is 0 Å². The molecule has 1 aromatic carbocycles. The lowest BCUT2D eigenvalue weighted by molar-refractivity contribution is 0.540. The van der Waals surface area contributed by atoms with Crippen LogP contribution < -0.4 is 4.90 Å². The molecule has 0 saturated heterocycles. The summed E-state index contributed by atoms with van der Waals surface area (Å²) >= 11 is 1.85. The molecule has 3 rings (SSSR count). The minimum Gasteiger partial charge on any atom is -0.428 e. The third-order valence-electron chi connectivity index (χ3n) is 3.26. The molecule has 20 heavy (non-hydrogen) atoms. The fourth-order valence-corrected chi connectivity index (χ4v) is 3.45. The fraction of sp³-hybridized carbons (Fsp3) is 0.312. The van der Waals surface area contributed by atoms with E-state index in [1.807, 2.05) is 17.8 Å². The lowest BCUT2D eigenvalue weighted by Gasteiger charge is -2.20. The average molecular weight is 285 g/mol. The molecule has 0 bridgehead atoms. The van der Waals surface area contributed by atoms with Crippen LogP contribution >= 0.6 is 11.8 Å². The lowest BCUT2D eigenvalue weighted by atomic mass is 10.2. The Balaban J connectivity index is 1.85. The molecule has 1 aromatic heterocycles. The zero-order valence-electron chi connectivity index (χ0n) is 11.5. The van der Waals surface area contributed by atoms with E-state index < -0.39 is 0 Å². The second-order valence-electron chi connectivity index (χ2n) is 4.73. The third kappa shape index (κ3) is 2.75. The minimum absolute atomic E-state index is 0.345. The SMILES string of the molecule is CCCCC1SC(c2ccccc2)=[C]N1c1cnco1. The Kier molecular flexibility index (Phi) is 4.11. The first kappa shape index (κ1) is 13.3. The number of thioether (sulfide) groups is 1. The van der Waals surface area contributed by atoms with Crippen LogP contribution in [0.2, 0.25) is 0 Å². The Morgan fingerprint density at radius 2 is 2.20 bits per heavy atom. The van der Waals surface area contributed by atoms with Crippen LogP contribution in [0.3, 0.4) is 0 Å². The number of anilines is 1. The van der Waals surface area contributed by atoms with Crippen LogP contribution in [0.25, 0.3) is 4.91 Å². The van der Waals surface area contributed by atoms with Crippen molar-refractivity contribution in [1.29, 1.82) is 0 Å². The van der Waals surface area contributed by atoms with Crippen LogP contribution in [0.5, 0.6) is 0 Å². The Bertz CT molecular complexity index is 565. The van der Waals surface area contributed by atoms with Crippen LogP contribution in [0.1, 0.15) is 31.7 Å². The van der Waals surface area contributed by atoms with E-state index in [2.05, 4.69) is 47.3 Å². The fourth-order valence-electron chi connectivity index (χ4n) is 2.21. The van der Waals surface area contributed by atoms with Crippen LogP contribution in [0, 0.1) is 6.20 Å². The molecule has 2 aromatic rings. The van der Waals surface area contributed by atoms with Crippen molar-refractivity contribution in [2.24, 2.45) is 0 Å². The van der Waals surface area contributed by atoms with Gasteiger partial charge < -0.3 is 4.42 Å². The summed E-state index contributed by atoms with van der Waals surface area (Å²) in [6.07, 6.45) is 10.2. The van der Waals surface area contributed by atoms with Crippen molar-refractivity contribution >= 4 is 22.6 Å². The van der Waals surface area contributed by atoms with Gasteiger partial charge in [0.1, 0.15) is 0 Å². The quantitative estimate of drug-likeness (QED) is 0.806. The second kappa shape index (κ2) is 6.18. The molecule has 1 atom stereocenters. The largest absolute Gasteiger partial charge is 0.428 e. The molecule has 2 heterocycles. The number of rotatable bonds is 5. The number of benzene rings is 1. The van der Waals surface area contributed by atoms with Gasteiger partial charge in [0.25, 0.3) is 0 Å². The van der Waals surface area contributed by atoms with Gasteiger partial charge >= 0.3 is 0 Å². The molecule has 0 aliphatic carbocycles. The van der Waals surface area contributed by atoms with Gasteiger partial charge in [-0.25, -0.2) is 4.98 Å². The Morgan fingerprint density at radius 3 is 2.90 bits per heavy atom. The topological polar surface area (TPSA) is 29.3 Å². The van der Waals surface area contributed by atoms with Gasteiger partial charge in [0.2, 0.25) is 5.88 Å². The molecule has 1 aliphatic rings. The molecule has 1 aliphatic heterocycles. The van der Waals surface area contributed by atoms with E-state index in [1.165, 1.54) is 29.7 Å². The van der Waals surface area contributed by atoms with Crippen LogP contribution in [0.15, 0.2) is 47.3 Å². The number of hydrogen-bond acceptors (Lipinski definition) is 4. The number of unbranched alkanes of at least 4 members (excludes halogenated alkanes) is 1. The summed E-state index contributed by atoms with van der Waals surface area (Å²) in [5.74, 6) is 0.768. The van der Waals surface area contributed by atoms with Crippen molar-refractivity contribution in [2.45, 2.75) is 31.6 Å². The monoisotopic (exact) mass is 285 g/mol. The summed E-state index contributed by atoms with van der Waals surface area (Å²) in [7, 11) is 0. The van der Waals surface area contributed by atoms with E-state index in [1.54, 1.807) is 6.20 Å². The van der Waals surface area contributed by atoms with E-state index in [0.717, 1.165) is 12.3 Å². The summed E-state index contributed by atoms with van der Waals surface area (Å²) in [6, 6.07) is 10.4. The first-order valence-corrected chi connectivity index (χ1v) is 7.80.